The van der Waals surface area contributed by atoms with E-state index in [2.05, 4.69) is 10.3 Å². The zero-order valence-electron chi connectivity index (χ0n) is 14.7. The SMILES string of the molecule is CC(C)(C)Nc1c(CF)c(Cc2ccccc2)nc(C(N)F)c1CF. The van der Waals surface area contributed by atoms with E-state index in [4.69, 9.17) is 5.73 Å². The molecule has 3 nitrogen and oxygen atoms in total. The van der Waals surface area contributed by atoms with Crippen molar-refractivity contribution in [1.82, 2.24) is 4.98 Å². The van der Waals surface area contributed by atoms with Crippen LogP contribution in [0.25, 0.3) is 0 Å². The lowest BCUT2D eigenvalue weighted by Crippen LogP contribution is -2.29. The fourth-order valence-electron chi connectivity index (χ4n) is 2.70. The molecule has 0 aliphatic heterocycles. The Bertz CT molecular complexity index is 710. The van der Waals surface area contributed by atoms with Crippen molar-refractivity contribution in [2.75, 3.05) is 5.32 Å². The molecule has 0 bridgehead atoms. The van der Waals surface area contributed by atoms with Crippen molar-refractivity contribution in [2.45, 2.75) is 52.4 Å². The highest BCUT2D eigenvalue weighted by Crippen LogP contribution is 2.33. The number of nitrogens with two attached hydrogens (primary N) is 1. The molecule has 2 aromatic rings. The van der Waals surface area contributed by atoms with E-state index < -0.39 is 25.2 Å². The van der Waals surface area contributed by atoms with Crippen molar-refractivity contribution in [3.63, 3.8) is 0 Å². The van der Waals surface area contributed by atoms with E-state index in [0.29, 0.717) is 12.1 Å². The van der Waals surface area contributed by atoms with Crippen LogP contribution in [0.1, 0.15) is 55.1 Å². The highest BCUT2D eigenvalue weighted by atomic mass is 19.1. The van der Waals surface area contributed by atoms with Crippen molar-refractivity contribution in [3.05, 3.63) is 58.4 Å². The van der Waals surface area contributed by atoms with Gasteiger partial charge in [-0.25, -0.2) is 13.2 Å². The summed E-state index contributed by atoms with van der Waals surface area (Å²) in [5.74, 6) is 0. The summed E-state index contributed by atoms with van der Waals surface area (Å²) < 4.78 is 41.4. The molecule has 1 aromatic carbocycles. The predicted molar refractivity (Wildman–Crippen MR) is 94.5 cm³/mol. The molecule has 3 N–H and O–H groups in total. The second kappa shape index (κ2) is 7.87. The van der Waals surface area contributed by atoms with E-state index in [9.17, 15) is 13.2 Å². The van der Waals surface area contributed by atoms with Gasteiger partial charge in [-0.2, -0.15) is 0 Å². The molecule has 2 rings (SSSR count). The summed E-state index contributed by atoms with van der Waals surface area (Å²) in [5.41, 5.74) is 6.46. The van der Waals surface area contributed by atoms with E-state index in [1.165, 1.54) is 0 Å². The second-order valence-corrected chi connectivity index (χ2v) is 6.98. The first-order chi connectivity index (χ1) is 11.8. The van der Waals surface area contributed by atoms with Gasteiger partial charge in [-0.1, -0.05) is 30.3 Å². The van der Waals surface area contributed by atoms with E-state index in [1.54, 1.807) is 0 Å². The quantitative estimate of drug-likeness (QED) is 0.739. The Labute approximate surface area is 146 Å². The fourth-order valence-corrected chi connectivity index (χ4v) is 2.70. The molecule has 0 aliphatic rings. The van der Waals surface area contributed by atoms with E-state index in [-0.39, 0.29) is 22.5 Å². The maximum atomic E-state index is 13.9. The number of hydrogen-bond donors (Lipinski definition) is 2. The number of hydrogen-bond acceptors (Lipinski definition) is 3. The Morgan fingerprint density at radius 3 is 2.16 bits per heavy atom. The third-order valence-corrected chi connectivity index (χ3v) is 3.76. The number of alkyl halides is 3. The summed E-state index contributed by atoms with van der Waals surface area (Å²) >= 11 is 0. The Hall–Kier alpha value is -2.08. The van der Waals surface area contributed by atoms with Gasteiger partial charge in [0.2, 0.25) is 0 Å². The molecule has 6 heteroatoms. The molecule has 1 atom stereocenters. The lowest BCUT2D eigenvalue weighted by atomic mass is 9.97. The lowest BCUT2D eigenvalue weighted by Gasteiger charge is -2.28. The zero-order valence-corrected chi connectivity index (χ0v) is 14.7. The maximum absolute atomic E-state index is 13.9. The standard InChI is InChI=1S/C19H24F3N3/c1-19(2,3)25-16-13(10-20)15(9-12-7-5-4-6-8-12)24-17(18(22)23)14(16)11-21/h4-8,18H,9-11,23H2,1-3H3,(H,24,25). The van der Waals surface area contributed by atoms with Gasteiger partial charge < -0.3 is 5.32 Å². The number of benzene rings is 1. The molecular formula is C19H24F3N3. The normalized spacial score (nSPS) is 12.9. The molecule has 25 heavy (non-hydrogen) atoms. The van der Waals surface area contributed by atoms with Crippen LogP contribution in [-0.4, -0.2) is 10.5 Å². The first-order valence-corrected chi connectivity index (χ1v) is 8.15. The van der Waals surface area contributed by atoms with Crippen molar-refractivity contribution in [2.24, 2.45) is 5.73 Å². The molecule has 0 amide bonds. The number of rotatable bonds is 6. The molecule has 0 spiro atoms. The number of aromatic nitrogens is 1. The minimum absolute atomic E-state index is 0.0191. The number of halogens is 3. The van der Waals surface area contributed by atoms with Gasteiger partial charge in [0.25, 0.3) is 0 Å². The summed E-state index contributed by atoms with van der Waals surface area (Å²) in [4.78, 5) is 4.18. The topological polar surface area (TPSA) is 50.9 Å². The average molecular weight is 351 g/mol. The van der Waals surface area contributed by atoms with Gasteiger partial charge in [0.1, 0.15) is 13.3 Å². The van der Waals surface area contributed by atoms with Gasteiger partial charge >= 0.3 is 0 Å². The molecule has 136 valence electrons. The number of anilines is 1. The maximum Gasteiger partial charge on any atom is 0.191 e. The summed E-state index contributed by atoms with van der Waals surface area (Å²) in [7, 11) is 0. The molecule has 0 saturated carbocycles. The summed E-state index contributed by atoms with van der Waals surface area (Å²) in [6.45, 7) is 3.79. The van der Waals surface area contributed by atoms with Gasteiger partial charge in [-0.05, 0) is 26.3 Å². The molecular weight excluding hydrogens is 327 g/mol. The van der Waals surface area contributed by atoms with Gasteiger partial charge in [0, 0.05) is 23.1 Å². The van der Waals surface area contributed by atoms with Crippen LogP contribution in [0.2, 0.25) is 0 Å². The predicted octanol–water partition coefficient (Wildman–Crippen LogP) is 4.75. The van der Waals surface area contributed by atoms with Gasteiger partial charge in [-0.3, -0.25) is 10.7 Å². The van der Waals surface area contributed by atoms with Crippen molar-refractivity contribution >= 4 is 5.69 Å². The summed E-state index contributed by atoms with van der Waals surface area (Å²) in [6, 6.07) is 9.33. The van der Waals surface area contributed by atoms with E-state index >= 15 is 0 Å². The minimum Gasteiger partial charge on any atom is -0.380 e. The van der Waals surface area contributed by atoms with Gasteiger partial charge in [0.15, 0.2) is 6.30 Å². The van der Waals surface area contributed by atoms with Crippen LogP contribution in [0.5, 0.6) is 0 Å². The fraction of sp³-hybridized carbons (Fsp3) is 0.421. The Morgan fingerprint density at radius 1 is 1.08 bits per heavy atom. The molecule has 1 unspecified atom stereocenters. The number of pyridine rings is 1. The summed E-state index contributed by atoms with van der Waals surface area (Å²) in [5, 5.41) is 3.10. The van der Waals surface area contributed by atoms with Crippen molar-refractivity contribution in [1.29, 1.82) is 0 Å². The third kappa shape index (κ3) is 4.72. The third-order valence-electron chi connectivity index (χ3n) is 3.76. The summed E-state index contributed by atoms with van der Waals surface area (Å²) in [6.07, 6.45) is -1.62. The molecule has 0 saturated heterocycles. The first-order valence-electron chi connectivity index (χ1n) is 8.15. The van der Waals surface area contributed by atoms with Crippen LogP contribution in [0.4, 0.5) is 18.9 Å². The zero-order chi connectivity index (χ0) is 18.6. The molecule has 0 aliphatic carbocycles. The molecule has 0 radical (unpaired) electrons. The molecule has 0 fully saturated rings. The molecule has 1 aromatic heterocycles. The largest absolute Gasteiger partial charge is 0.380 e. The van der Waals surface area contributed by atoms with Crippen LogP contribution in [0.3, 0.4) is 0 Å². The first kappa shape index (κ1) is 19.2. The van der Waals surface area contributed by atoms with Gasteiger partial charge in [-0.15, -0.1) is 0 Å². The van der Waals surface area contributed by atoms with Crippen LogP contribution in [-0.2, 0) is 19.8 Å². The van der Waals surface area contributed by atoms with Crippen molar-refractivity contribution in [3.8, 4) is 0 Å². The van der Waals surface area contributed by atoms with E-state index in [1.807, 2.05) is 51.1 Å². The number of nitrogens with one attached hydrogen (secondary N) is 1. The number of nitrogens with zero attached hydrogens (tertiary/aromatic N) is 1. The Morgan fingerprint density at radius 2 is 1.68 bits per heavy atom. The Balaban J connectivity index is 2.65. The van der Waals surface area contributed by atoms with Crippen LogP contribution >= 0.6 is 0 Å². The minimum atomic E-state index is -1.94. The van der Waals surface area contributed by atoms with Crippen LogP contribution in [0, 0.1) is 0 Å². The second-order valence-electron chi connectivity index (χ2n) is 6.98. The van der Waals surface area contributed by atoms with E-state index in [0.717, 1.165) is 5.56 Å². The highest BCUT2D eigenvalue weighted by molar-refractivity contribution is 5.62. The van der Waals surface area contributed by atoms with Crippen LogP contribution in [0.15, 0.2) is 30.3 Å². The van der Waals surface area contributed by atoms with Crippen molar-refractivity contribution < 1.29 is 13.2 Å². The average Bonchev–Trinajstić information content (AvgIpc) is 2.54. The molecule has 1 heterocycles. The lowest BCUT2D eigenvalue weighted by molar-refractivity contribution is 0.339. The van der Waals surface area contributed by atoms with Crippen LogP contribution < -0.4 is 11.1 Å². The van der Waals surface area contributed by atoms with Gasteiger partial charge in [0.05, 0.1) is 17.1 Å². The Kier molecular flexibility index (Phi) is 6.06. The monoisotopic (exact) mass is 351 g/mol. The highest BCUT2D eigenvalue weighted by Gasteiger charge is 2.25. The smallest absolute Gasteiger partial charge is 0.191 e.